The Bertz CT molecular complexity index is 1080. The topological polar surface area (TPSA) is 111 Å². The summed E-state index contributed by atoms with van der Waals surface area (Å²) >= 11 is 0. The predicted octanol–water partition coefficient (Wildman–Crippen LogP) is 3.89. The third-order valence-corrected chi connectivity index (χ3v) is 5.30. The van der Waals surface area contributed by atoms with Crippen LogP contribution in [0.3, 0.4) is 0 Å². The Kier molecular flexibility index (Phi) is 8.91. The number of anilines is 1. The van der Waals surface area contributed by atoms with Crippen molar-refractivity contribution in [2.45, 2.75) is 32.2 Å². The SMILES string of the molecule is CCOC(=O)[C@H](CCc1ccccc1)NC(=O)c1ccc(N)c(OCCc2ccc(O)cc2)c1. The van der Waals surface area contributed by atoms with Crippen molar-refractivity contribution in [1.29, 1.82) is 0 Å². The summed E-state index contributed by atoms with van der Waals surface area (Å²) in [7, 11) is 0. The number of amides is 1. The van der Waals surface area contributed by atoms with Crippen LogP contribution in [0, 0.1) is 0 Å². The lowest BCUT2D eigenvalue weighted by atomic mass is 10.0. The lowest BCUT2D eigenvalue weighted by Crippen LogP contribution is -2.42. The van der Waals surface area contributed by atoms with Crippen LogP contribution in [-0.2, 0) is 22.4 Å². The number of ether oxygens (including phenoxy) is 2. The Balaban J connectivity index is 1.63. The maximum absolute atomic E-state index is 12.9. The van der Waals surface area contributed by atoms with Crippen molar-refractivity contribution >= 4 is 17.6 Å². The third kappa shape index (κ3) is 7.27. The number of rotatable bonds is 11. The molecule has 0 aliphatic carbocycles. The maximum Gasteiger partial charge on any atom is 0.328 e. The number of esters is 1. The van der Waals surface area contributed by atoms with Crippen LogP contribution in [0.4, 0.5) is 5.69 Å². The number of hydrogen-bond donors (Lipinski definition) is 3. The molecule has 3 rings (SSSR count). The first-order valence-corrected chi connectivity index (χ1v) is 11.3. The molecule has 3 aromatic carbocycles. The Morgan fingerprint density at radius 3 is 2.38 bits per heavy atom. The number of carbonyl (C=O) groups excluding carboxylic acids is 2. The fourth-order valence-electron chi connectivity index (χ4n) is 3.43. The molecule has 0 heterocycles. The first kappa shape index (κ1) is 24.6. The van der Waals surface area contributed by atoms with E-state index in [0.29, 0.717) is 42.9 Å². The van der Waals surface area contributed by atoms with Crippen LogP contribution < -0.4 is 15.8 Å². The number of nitrogens with one attached hydrogen (secondary N) is 1. The predicted molar refractivity (Wildman–Crippen MR) is 131 cm³/mol. The molecule has 0 aliphatic heterocycles. The maximum atomic E-state index is 12.9. The van der Waals surface area contributed by atoms with E-state index in [1.807, 2.05) is 42.5 Å². The van der Waals surface area contributed by atoms with Crippen molar-refractivity contribution in [3.8, 4) is 11.5 Å². The van der Waals surface area contributed by atoms with E-state index in [4.69, 9.17) is 15.2 Å². The van der Waals surface area contributed by atoms with Crippen LogP contribution >= 0.6 is 0 Å². The van der Waals surface area contributed by atoms with Gasteiger partial charge in [-0.25, -0.2) is 4.79 Å². The molecular formula is C27H30N2O5. The zero-order valence-electron chi connectivity index (χ0n) is 19.2. The Labute approximate surface area is 199 Å². The second-order valence-corrected chi connectivity index (χ2v) is 7.82. The Morgan fingerprint density at radius 1 is 0.971 bits per heavy atom. The highest BCUT2D eigenvalue weighted by atomic mass is 16.5. The van der Waals surface area contributed by atoms with Crippen molar-refractivity contribution in [2.24, 2.45) is 0 Å². The molecule has 0 aliphatic rings. The summed E-state index contributed by atoms with van der Waals surface area (Å²) in [4.78, 5) is 25.4. The van der Waals surface area contributed by atoms with Crippen LogP contribution in [0.15, 0.2) is 72.8 Å². The van der Waals surface area contributed by atoms with Gasteiger partial charge >= 0.3 is 5.97 Å². The molecule has 0 saturated heterocycles. The van der Waals surface area contributed by atoms with Gasteiger partial charge in [-0.2, -0.15) is 0 Å². The number of phenolic OH excluding ortho intramolecular Hbond substituents is 1. The lowest BCUT2D eigenvalue weighted by molar-refractivity contribution is -0.145. The zero-order valence-corrected chi connectivity index (χ0v) is 19.2. The summed E-state index contributed by atoms with van der Waals surface area (Å²) in [6.07, 6.45) is 1.65. The highest BCUT2D eigenvalue weighted by molar-refractivity contribution is 5.97. The highest BCUT2D eigenvalue weighted by Gasteiger charge is 2.23. The molecule has 0 fully saturated rings. The van der Waals surface area contributed by atoms with Gasteiger partial charge in [-0.1, -0.05) is 42.5 Å². The van der Waals surface area contributed by atoms with Gasteiger partial charge in [0, 0.05) is 12.0 Å². The number of hydrogen-bond acceptors (Lipinski definition) is 6. The van der Waals surface area contributed by atoms with Crippen LogP contribution in [0.1, 0.15) is 34.8 Å². The molecule has 178 valence electrons. The Morgan fingerprint density at radius 2 is 1.68 bits per heavy atom. The van der Waals surface area contributed by atoms with E-state index < -0.39 is 17.9 Å². The van der Waals surface area contributed by atoms with Gasteiger partial charge in [-0.3, -0.25) is 4.79 Å². The summed E-state index contributed by atoms with van der Waals surface area (Å²) in [5.41, 5.74) is 8.85. The number of carbonyl (C=O) groups is 2. The molecule has 7 heteroatoms. The Hall–Kier alpha value is -4.00. The van der Waals surface area contributed by atoms with E-state index in [0.717, 1.165) is 11.1 Å². The minimum Gasteiger partial charge on any atom is -0.508 e. The molecule has 1 amide bonds. The lowest BCUT2D eigenvalue weighted by Gasteiger charge is -2.18. The fourth-order valence-corrected chi connectivity index (χ4v) is 3.43. The number of nitrogens with two attached hydrogens (primary N) is 1. The smallest absolute Gasteiger partial charge is 0.328 e. The first-order chi connectivity index (χ1) is 16.5. The first-order valence-electron chi connectivity index (χ1n) is 11.3. The average molecular weight is 463 g/mol. The molecule has 0 unspecified atom stereocenters. The van der Waals surface area contributed by atoms with E-state index >= 15 is 0 Å². The van der Waals surface area contributed by atoms with E-state index in [-0.39, 0.29) is 12.4 Å². The van der Waals surface area contributed by atoms with E-state index in [2.05, 4.69) is 5.32 Å². The average Bonchev–Trinajstić information content (AvgIpc) is 2.84. The van der Waals surface area contributed by atoms with Gasteiger partial charge in [0.25, 0.3) is 5.91 Å². The van der Waals surface area contributed by atoms with Crippen LogP contribution in [-0.4, -0.2) is 36.2 Å². The normalized spacial score (nSPS) is 11.4. The second-order valence-electron chi connectivity index (χ2n) is 7.82. The zero-order chi connectivity index (χ0) is 24.3. The summed E-state index contributed by atoms with van der Waals surface area (Å²) in [5, 5.41) is 12.2. The molecule has 3 aromatic rings. The second kappa shape index (κ2) is 12.3. The molecule has 0 bridgehead atoms. The van der Waals surface area contributed by atoms with E-state index in [9.17, 15) is 14.7 Å². The monoisotopic (exact) mass is 462 g/mol. The van der Waals surface area contributed by atoms with Crippen molar-refractivity contribution < 1.29 is 24.2 Å². The van der Waals surface area contributed by atoms with Gasteiger partial charge in [-0.15, -0.1) is 0 Å². The quantitative estimate of drug-likeness (QED) is 0.295. The minimum absolute atomic E-state index is 0.206. The van der Waals surface area contributed by atoms with E-state index in [1.165, 1.54) is 0 Å². The molecule has 0 radical (unpaired) electrons. The molecule has 0 saturated carbocycles. The van der Waals surface area contributed by atoms with E-state index in [1.54, 1.807) is 37.3 Å². The fraction of sp³-hybridized carbons (Fsp3) is 0.259. The van der Waals surface area contributed by atoms with Gasteiger partial charge in [0.15, 0.2) is 0 Å². The van der Waals surface area contributed by atoms with Gasteiger partial charge in [0.05, 0.1) is 18.9 Å². The number of phenols is 1. The molecule has 34 heavy (non-hydrogen) atoms. The molecule has 7 nitrogen and oxygen atoms in total. The van der Waals surface area contributed by atoms with Crippen molar-refractivity contribution in [1.82, 2.24) is 5.32 Å². The van der Waals surface area contributed by atoms with Gasteiger partial charge in [0.1, 0.15) is 17.5 Å². The van der Waals surface area contributed by atoms with Crippen molar-refractivity contribution in [2.75, 3.05) is 18.9 Å². The van der Waals surface area contributed by atoms with Crippen LogP contribution in [0.5, 0.6) is 11.5 Å². The molecular weight excluding hydrogens is 432 g/mol. The third-order valence-electron chi connectivity index (χ3n) is 5.30. The van der Waals surface area contributed by atoms with Crippen molar-refractivity contribution in [3.63, 3.8) is 0 Å². The summed E-state index contributed by atoms with van der Waals surface area (Å²) in [6.45, 7) is 2.32. The number of aromatic hydroxyl groups is 1. The molecule has 4 N–H and O–H groups in total. The highest BCUT2D eigenvalue weighted by Crippen LogP contribution is 2.23. The van der Waals surface area contributed by atoms with Gasteiger partial charge in [0.2, 0.25) is 0 Å². The van der Waals surface area contributed by atoms with Crippen LogP contribution in [0.25, 0.3) is 0 Å². The minimum atomic E-state index is -0.774. The number of aryl methyl sites for hydroxylation is 1. The summed E-state index contributed by atoms with van der Waals surface area (Å²) in [6, 6.07) is 20.6. The summed E-state index contributed by atoms with van der Waals surface area (Å²) in [5.74, 6) is -0.275. The molecule has 1 atom stereocenters. The number of benzene rings is 3. The summed E-state index contributed by atoms with van der Waals surface area (Å²) < 4.78 is 11.0. The molecule has 0 spiro atoms. The largest absolute Gasteiger partial charge is 0.508 e. The number of nitrogen functional groups attached to an aromatic ring is 1. The van der Waals surface area contributed by atoms with Crippen molar-refractivity contribution in [3.05, 3.63) is 89.5 Å². The van der Waals surface area contributed by atoms with Crippen LogP contribution in [0.2, 0.25) is 0 Å². The molecule has 0 aromatic heterocycles. The van der Waals surface area contributed by atoms with Gasteiger partial charge < -0.3 is 25.6 Å². The van der Waals surface area contributed by atoms with Gasteiger partial charge in [-0.05, 0) is 61.2 Å². The standard InChI is InChI=1S/C27H30N2O5/c1-2-33-27(32)24(15-10-19-6-4-3-5-7-19)29-26(31)21-11-14-23(28)25(18-21)34-17-16-20-8-12-22(30)13-9-20/h3-9,11-14,18,24,30H,2,10,15-17,28H2,1H3,(H,29,31)/t24-/m0/s1.